The summed E-state index contributed by atoms with van der Waals surface area (Å²) in [6.45, 7) is 0. The van der Waals surface area contributed by atoms with Gasteiger partial charge in [0.25, 0.3) is 5.56 Å². The van der Waals surface area contributed by atoms with Crippen LogP contribution in [0, 0.1) is 0 Å². The zero-order chi connectivity index (χ0) is 19.0. The minimum Gasteiger partial charge on any atom is -0.397 e. The summed E-state index contributed by atoms with van der Waals surface area (Å²) in [4.78, 5) is 12.0. The monoisotopic (exact) mass is 376 g/mol. The molecule has 0 aliphatic rings. The highest BCUT2D eigenvalue weighted by molar-refractivity contribution is 6.33. The van der Waals surface area contributed by atoms with Crippen LogP contribution in [0.3, 0.4) is 0 Å². The molecule has 134 valence electrons. The molecule has 0 spiro atoms. The predicted octanol–water partition coefficient (Wildman–Crippen LogP) is 4.00. The molecular formula is C21H17ClN4O. The van der Waals surface area contributed by atoms with E-state index in [4.69, 9.17) is 23.1 Å². The highest BCUT2D eigenvalue weighted by Crippen LogP contribution is 2.32. The number of rotatable bonds is 3. The number of nitrogen functional groups attached to an aromatic ring is 2. The van der Waals surface area contributed by atoms with E-state index in [-0.39, 0.29) is 5.56 Å². The molecule has 0 saturated carbocycles. The SMILES string of the molecule is Nc1ccc(-c2cc(Cc3n[nH]c(=O)c4ccccc34)ccc2Cl)cc1N. The van der Waals surface area contributed by atoms with Gasteiger partial charge in [0.15, 0.2) is 0 Å². The molecule has 0 aliphatic carbocycles. The Labute approximate surface area is 160 Å². The largest absolute Gasteiger partial charge is 0.397 e. The van der Waals surface area contributed by atoms with E-state index in [1.54, 1.807) is 12.1 Å². The van der Waals surface area contributed by atoms with Crippen molar-refractivity contribution in [1.82, 2.24) is 10.2 Å². The van der Waals surface area contributed by atoms with Crippen LogP contribution in [0.2, 0.25) is 5.02 Å². The molecule has 0 atom stereocenters. The van der Waals surface area contributed by atoms with Crippen LogP contribution in [0.15, 0.2) is 65.5 Å². The van der Waals surface area contributed by atoms with Crippen LogP contribution in [-0.4, -0.2) is 10.2 Å². The highest BCUT2D eigenvalue weighted by atomic mass is 35.5. The maximum Gasteiger partial charge on any atom is 0.272 e. The van der Waals surface area contributed by atoms with Crippen molar-refractivity contribution in [2.75, 3.05) is 11.5 Å². The molecule has 5 N–H and O–H groups in total. The minimum atomic E-state index is -0.191. The van der Waals surface area contributed by atoms with Gasteiger partial charge >= 0.3 is 0 Å². The summed E-state index contributed by atoms with van der Waals surface area (Å²) in [6.07, 6.45) is 0.561. The van der Waals surface area contributed by atoms with Crippen LogP contribution in [0.25, 0.3) is 21.9 Å². The van der Waals surface area contributed by atoms with Gasteiger partial charge in [-0.3, -0.25) is 4.79 Å². The fourth-order valence-electron chi connectivity index (χ4n) is 3.15. The lowest BCUT2D eigenvalue weighted by atomic mass is 9.98. The molecule has 6 heteroatoms. The van der Waals surface area contributed by atoms with E-state index in [9.17, 15) is 4.79 Å². The third kappa shape index (κ3) is 3.25. The average molecular weight is 377 g/mol. The number of hydrogen-bond acceptors (Lipinski definition) is 4. The number of anilines is 2. The average Bonchev–Trinajstić information content (AvgIpc) is 2.68. The van der Waals surface area contributed by atoms with Crippen LogP contribution in [-0.2, 0) is 6.42 Å². The zero-order valence-corrected chi connectivity index (χ0v) is 15.1. The quantitative estimate of drug-likeness (QED) is 0.471. The summed E-state index contributed by atoms with van der Waals surface area (Å²) in [6, 6.07) is 18.7. The molecule has 0 radical (unpaired) electrons. The summed E-state index contributed by atoms with van der Waals surface area (Å²) in [5.74, 6) is 0. The number of H-pyrrole nitrogens is 1. The highest BCUT2D eigenvalue weighted by Gasteiger charge is 2.10. The van der Waals surface area contributed by atoms with Crippen molar-refractivity contribution in [2.24, 2.45) is 0 Å². The molecule has 0 aliphatic heterocycles. The first kappa shape index (κ1) is 17.1. The Morgan fingerprint density at radius 1 is 0.926 bits per heavy atom. The smallest absolute Gasteiger partial charge is 0.272 e. The second kappa shape index (κ2) is 6.78. The molecule has 3 aromatic carbocycles. The van der Waals surface area contributed by atoms with Crippen molar-refractivity contribution in [3.8, 4) is 11.1 Å². The van der Waals surface area contributed by atoms with Crippen molar-refractivity contribution in [2.45, 2.75) is 6.42 Å². The predicted molar refractivity (Wildman–Crippen MR) is 111 cm³/mol. The van der Waals surface area contributed by atoms with Gasteiger partial charge < -0.3 is 11.5 Å². The van der Waals surface area contributed by atoms with Crippen molar-refractivity contribution in [1.29, 1.82) is 0 Å². The van der Waals surface area contributed by atoms with Gasteiger partial charge in [-0.1, -0.05) is 41.9 Å². The molecule has 4 rings (SSSR count). The molecule has 1 heterocycles. The lowest BCUT2D eigenvalue weighted by Gasteiger charge is -2.10. The number of hydrogen-bond donors (Lipinski definition) is 3. The molecule has 0 unspecified atom stereocenters. The Balaban J connectivity index is 1.77. The molecule has 0 bridgehead atoms. The molecule has 0 saturated heterocycles. The normalized spacial score (nSPS) is 11.0. The van der Waals surface area contributed by atoms with Crippen LogP contribution in [0.1, 0.15) is 11.3 Å². The summed E-state index contributed by atoms with van der Waals surface area (Å²) < 4.78 is 0. The second-order valence-corrected chi connectivity index (χ2v) is 6.79. The molecule has 27 heavy (non-hydrogen) atoms. The van der Waals surface area contributed by atoms with Gasteiger partial charge in [-0.25, -0.2) is 5.10 Å². The van der Waals surface area contributed by atoms with Crippen molar-refractivity contribution >= 4 is 33.7 Å². The second-order valence-electron chi connectivity index (χ2n) is 6.38. The van der Waals surface area contributed by atoms with Gasteiger partial charge in [0.2, 0.25) is 0 Å². The van der Waals surface area contributed by atoms with Gasteiger partial charge in [0.05, 0.1) is 22.5 Å². The Morgan fingerprint density at radius 2 is 1.70 bits per heavy atom. The summed E-state index contributed by atoms with van der Waals surface area (Å²) in [7, 11) is 0. The topological polar surface area (TPSA) is 97.8 Å². The van der Waals surface area contributed by atoms with Gasteiger partial charge in [0, 0.05) is 22.4 Å². The molecule has 0 amide bonds. The summed E-state index contributed by atoms with van der Waals surface area (Å²) in [5, 5.41) is 8.91. The Kier molecular flexibility index (Phi) is 4.30. The zero-order valence-electron chi connectivity index (χ0n) is 14.4. The third-order valence-electron chi connectivity index (χ3n) is 4.58. The lowest BCUT2D eigenvalue weighted by Crippen LogP contribution is -2.11. The van der Waals surface area contributed by atoms with E-state index >= 15 is 0 Å². The van der Waals surface area contributed by atoms with Crippen molar-refractivity contribution in [3.63, 3.8) is 0 Å². The van der Waals surface area contributed by atoms with Gasteiger partial charge in [-0.05, 0) is 41.5 Å². The van der Waals surface area contributed by atoms with E-state index in [1.165, 1.54) is 0 Å². The summed E-state index contributed by atoms with van der Waals surface area (Å²) >= 11 is 6.41. The van der Waals surface area contributed by atoms with Crippen LogP contribution in [0.5, 0.6) is 0 Å². The maximum atomic E-state index is 12.0. The number of benzene rings is 3. The first-order valence-corrected chi connectivity index (χ1v) is 8.81. The fourth-order valence-corrected chi connectivity index (χ4v) is 3.37. The number of aromatic nitrogens is 2. The lowest BCUT2D eigenvalue weighted by molar-refractivity contribution is 0.934. The number of aromatic amines is 1. The van der Waals surface area contributed by atoms with E-state index in [0.29, 0.717) is 28.2 Å². The van der Waals surface area contributed by atoms with Crippen LogP contribution < -0.4 is 17.0 Å². The molecule has 0 fully saturated rings. The number of nitrogens with two attached hydrogens (primary N) is 2. The first-order valence-electron chi connectivity index (χ1n) is 8.43. The number of nitrogens with one attached hydrogen (secondary N) is 1. The van der Waals surface area contributed by atoms with E-state index in [0.717, 1.165) is 27.8 Å². The molecule has 5 nitrogen and oxygen atoms in total. The van der Waals surface area contributed by atoms with Crippen molar-refractivity contribution < 1.29 is 0 Å². The maximum absolute atomic E-state index is 12.0. The Morgan fingerprint density at radius 3 is 2.48 bits per heavy atom. The summed E-state index contributed by atoms with van der Waals surface area (Å²) in [5.41, 5.74) is 16.2. The number of fused-ring (bicyclic) bond motifs is 1. The number of halogens is 1. The van der Waals surface area contributed by atoms with E-state index < -0.39 is 0 Å². The number of nitrogens with zero attached hydrogens (tertiary/aromatic N) is 1. The Bertz CT molecular complexity index is 1220. The first-order chi connectivity index (χ1) is 13.0. The van der Waals surface area contributed by atoms with Crippen LogP contribution in [0.4, 0.5) is 11.4 Å². The van der Waals surface area contributed by atoms with Gasteiger partial charge in [-0.2, -0.15) is 5.10 Å². The molecule has 1 aromatic heterocycles. The van der Waals surface area contributed by atoms with E-state index in [1.807, 2.05) is 48.5 Å². The standard InChI is InChI=1S/C21H17ClN4O/c22-17-7-5-12(9-16(17)13-6-8-18(23)19(24)11-13)10-20-14-3-1-2-4-15(14)21(27)26-25-20/h1-9,11H,10,23-24H2,(H,26,27). The third-order valence-corrected chi connectivity index (χ3v) is 4.90. The molecular weight excluding hydrogens is 360 g/mol. The van der Waals surface area contributed by atoms with Crippen molar-refractivity contribution in [3.05, 3.63) is 87.3 Å². The molecule has 4 aromatic rings. The van der Waals surface area contributed by atoms with Gasteiger partial charge in [0.1, 0.15) is 0 Å². The minimum absolute atomic E-state index is 0.191. The van der Waals surface area contributed by atoms with E-state index in [2.05, 4.69) is 10.2 Å². The van der Waals surface area contributed by atoms with Crippen LogP contribution >= 0.6 is 11.6 Å². The Hall–Kier alpha value is -3.31. The van der Waals surface area contributed by atoms with Gasteiger partial charge in [-0.15, -0.1) is 0 Å². The fraction of sp³-hybridized carbons (Fsp3) is 0.0476.